The Kier molecular flexibility index (Phi) is 6.20. The van der Waals surface area contributed by atoms with E-state index in [0.29, 0.717) is 48.4 Å². The minimum absolute atomic E-state index is 0.175. The number of benzene rings is 1. The van der Waals surface area contributed by atoms with Crippen molar-refractivity contribution in [2.24, 2.45) is 0 Å². The molecule has 1 saturated heterocycles. The molecule has 1 fully saturated rings. The van der Waals surface area contributed by atoms with Gasteiger partial charge < -0.3 is 14.8 Å². The molecule has 0 radical (unpaired) electrons. The lowest BCUT2D eigenvalue weighted by Gasteiger charge is -2.35. The molecule has 10 nitrogen and oxygen atoms in total. The van der Waals surface area contributed by atoms with Gasteiger partial charge in [-0.15, -0.1) is 0 Å². The number of nitrogens with one attached hydrogen (secondary N) is 1. The number of nitrogens with zero attached hydrogens (tertiary/aromatic N) is 7. The molecule has 3 aromatic heterocycles. The highest BCUT2D eigenvalue weighted by molar-refractivity contribution is 7.97. The van der Waals surface area contributed by atoms with E-state index in [1.165, 1.54) is 24.2 Å². The number of aromatic amines is 1. The van der Waals surface area contributed by atoms with Crippen LogP contribution >= 0.6 is 23.4 Å². The van der Waals surface area contributed by atoms with Crippen molar-refractivity contribution >= 4 is 46.1 Å². The van der Waals surface area contributed by atoms with Gasteiger partial charge in [-0.05, 0) is 24.5 Å². The highest BCUT2D eigenvalue weighted by Crippen LogP contribution is 2.26. The van der Waals surface area contributed by atoms with Gasteiger partial charge in [-0.1, -0.05) is 17.7 Å². The van der Waals surface area contributed by atoms with Gasteiger partial charge in [0.15, 0.2) is 5.65 Å². The van der Waals surface area contributed by atoms with Gasteiger partial charge in [0, 0.05) is 37.3 Å². The Hall–Kier alpha value is -3.44. The Bertz CT molecular complexity index is 1410. The minimum Gasteiger partial charge on any atom is -0.352 e. The van der Waals surface area contributed by atoms with E-state index >= 15 is 0 Å². The number of carbonyl (C=O) groups is 1. The molecule has 34 heavy (non-hydrogen) atoms. The number of fused-ring (bicyclic) bond motifs is 1. The second kappa shape index (κ2) is 9.43. The quantitative estimate of drug-likeness (QED) is 0.448. The Balaban J connectivity index is 1.35. The van der Waals surface area contributed by atoms with Crippen LogP contribution in [-0.2, 0) is 5.75 Å². The van der Waals surface area contributed by atoms with Crippen molar-refractivity contribution in [1.29, 1.82) is 0 Å². The summed E-state index contributed by atoms with van der Waals surface area (Å²) in [6.07, 6.45) is 5.18. The van der Waals surface area contributed by atoms with Crippen molar-refractivity contribution < 1.29 is 4.79 Å². The third-order valence-corrected chi connectivity index (χ3v) is 6.35. The van der Waals surface area contributed by atoms with Gasteiger partial charge in [0.25, 0.3) is 11.5 Å². The summed E-state index contributed by atoms with van der Waals surface area (Å²) in [5.74, 6) is 1.56. The van der Waals surface area contributed by atoms with E-state index in [2.05, 4.69) is 29.9 Å². The summed E-state index contributed by atoms with van der Waals surface area (Å²) < 4.78 is 1.73. The van der Waals surface area contributed by atoms with Crippen LogP contribution in [0.25, 0.3) is 16.7 Å². The molecular weight excluding hydrogens is 476 g/mol. The number of thioether (sulfide) groups is 1. The van der Waals surface area contributed by atoms with E-state index in [4.69, 9.17) is 11.6 Å². The molecule has 1 N–H and O–H groups in total. The van der Waals surface area contributed by atoms with Crippen LogP contribution < -0.4 is 10.5 Å². The summed E-state index contributed by atoms with van der Waals surface area (Å²) in [7, 11) is 0. The first-order valence-electron chi connectivity index (χ1n) is 10.6. The number of hydrogen-bond donors (Lipinski definition) is 1. The minimum atomic E-state index is -0.318. The molecule has 0 aliphatic carbocycles. The fourth-order valence-electron chi connectivity index (χ4n) is 3.99. The average Bonchev–Trinajstić information content (AvgIpc) is 3.28. The lowest BCUT2D eigenvalue weighted by atomic mass is 10.2. The van der Waals surface area contributed by atoms with Crippen molar-refractivity contribution in [3.8, 4) is 5.69 Å². The zero-order valence-electron chi connectivity index (χ0n) is 18.3. The van der Waals surface area contributed by atoms with Crippen LogP contribution in [0.1, 0.15) is 16.3 Å². The van der Waals surface area contributed by atoms with Gasteiger partial charge >= 0.3 is 0 Å². The van der Waals surface area contributed by atoms with Crippen LogP contribution in [0.3, 0.4) is 0 Å². The molecule has 0 saturated carbocycles. The number of carbonyl (C=O) groups excluding carboxylic acids is 1. The highest BCUT2D eigenvalue weighted by Gasteiger charge is 2.26. The maximum Gasteiger partial charge on any atom is 0.272 e. The number of anilines is 1. The van der Waals surface area contributed by atoms with E-state index < -0.39 is 0 Å². The number of halogens is 1. The molecule has 5 rings (SSSR count). The molecule has 0 spiro atoms. The summed E-state index contributed by atoms with van der Waals surface area (Å²) in [6, 6.07) is 8.67. The first kappa shape index (κ1) is 22.4. The number of amides is 1. The molecule has 174 valence electrons. The first-order chi connectivity index (χ1) is 16.5. The molecule has 1 aliphatic rings. The van der Waals surface area contributed by atoms with Crippen molar-refractivity contribution in [1.82, 2.24) is 34.6 Å². The van der Waals surface area contributed by atoms with Crippen molar-refractivity contribution in [2.45, 2.75) is 5.75 Å². The maximum absolute atomic E-state index is 13.0. The molecule has 4 aromatic rings. The molecule has 12 heteroatoms. The smallest absolute Gasteiger partial charge is 0.272 e. The number of rotatable bonds is 5. The van der Waals surface area contributed by atoms with Crippen molar-refractivity contribution in [3.05, 3.63) is 69.8 Å². The number of hydrogen-bond acceptors (Lipinski definition) is 8. The van der Waals surface area contributed by atoms with E-state index in [1.54, 1.807) is 15.8 Å². The molecular formula is C22H21ClN8O2S. The molecule has 1 amide bonds. The Labute approximate surface area is 204 Å². The molecule has 1 aromatic carbocycles. The lowest BCUT2D eigenvalue weighted by molar-refractivity contribution is 0.0740. The standard InChI is InChI=1S/C22H21ClN8O2S/c1-34-12-18-27-17(10-19(32)28-18)22(33)30-7-5-29(6-8-30)20-16-11-26-31(21(16)25-13-24-20)15-4-2-3-14(23)9-15/h2-4,9-11,13H,5-8,12H2,1H3,(H,27,28,32). The Morgan fingerprint density at radius 3 is 2.76 bits per heavy atom. The van der Waals surface area contributed by atoms with Gasteiger partial charge in [0.1, 0.15) is 23.7 Å². The zero-order chi connectivity index (χ0) is 23.7. The van der Waals surface area contributed by atoms with Crippen molar-refractivity contribution in [2.75, 3.05) is 37.3 Å². The summed E-state index contributed by atoms with van der Waals surface area (Å²) in [5, 5.41) is 5.94. The Morgan fingerprint density at radius 2 is 2.00 bits per heavy atom. The second-order valence-corrected chi connectivity index (χ2v) is 9.06. The maximum atomic E-state index is 13.0. The monoisotopic (exact) mass is 496 g/mol. The van der Waals surface area contributed by atoms with Gasteiger partial charge in [-0.25, -0.2) is 19.6 Å². The topological polar surface area (TPSA) is 113 Å². The first-order valence-corrected chi connectivity index (χ1v) is 12.4. The van der Waals surface area contributed by atoms with Crippen LogP contribution in [0.15, 0.2) is 47.7 Å². The summed E-state index contributed by atoms with van der Waals surface area (Å²) in [6.45, 7) is 2.14. The normalized spacial score (nSPS) is 14.1. The number of aromatic nitrogens is 6. The fraction of sp³-hybridized carbons (Fsp3) is 0.273. The van der Waals surface area contributed by atoms with Gasteiger partial charge in [0.2, 0.25) is 0 Å². The molecule has 0 unspecified atom stereocenters. The van der Waals surface area contributed by atoms with E-state index in [0.717, 1.165) is 16.9 Å². The SMILES string of the molecule is CSCc1nc(C(=O)N2CCN(c3ncnc4c3cnn4-c3cccc(Cl)c3)CC2)cc(=O)[nH]1. The van der Waals surface area contributed by atoms with E-state index in [9.17, 15) is 9.59 Å². The predicted molar refractivity (Wildman–Crippen MR) is 132 cm³/mol. The van der Waals surface area contributed by atoms with Gasteiger partial charge in [-0.3, -0.25) is 9.59 Å². The summed E-state index contributed by atoms with van der Waals surface area (Å²) in [5.41, 5.74) is 1.35. The van der Waals surface area contributed by atoms with E-state index in [-0.39, 0.29) is 17.2 Å². The lowest BCUT2D eigenvalue weighted by Crippen LogP contribution is -2.49. The number of piperazine rings is 1. The van der Waals surface area contributed by atoms with Crippen LogP contribution in [0.2, 0.25) is 5.02 Å². The molecule has 4 heterocycles. The second-order valence-electron chi connectivity index (χ2n) is 7.76. The van der Waals surface area contributed by atoms with Crippen molar-refractivity contribution in [3.63, 3.8) is 0 Å². The third-order valence-electron chi connectivity index (χ3n) is 5.55. The summed E-state index contributed by atoms with van der Waals surface area (Å²) >= 11 is 7.67. The van der Waals surface area contributed by atoms with Crippen LogP contribution in [0.4, 0.5) is 5.82 Å². The molecule has 0 atom stereocenters. The molecule has 1 aliphatic heterocycles. The fourth-order valence-corrected chi connectivity index (χ4v) is 4.58. The highest BCUT2D eigenvalue weighted by atomic mass is 35.5. The van der Waals surface area contributed by atoms with Gasteiger partial charge in [-0.2, -0.15) is 16.9 Å². The average molecular weight is 497 g/mol. The Morgan fingerprint density at radius 1 is 1.18 bits per heavy atom. The summed E-state index contributed by atoms with van der Waals surface area (Å²) in [4.78, 5) is 44.7. The van der Waals surface area contributed by atoms with Crippen LogP contribution in [0.5, 0.6) is 0 Å². The van der Waals surface area contributed by atoms with E-state index in [1.807, 2.05) is 30.5 Å². The third kappa shape index (κ3) is 4.36. The largest absolute Gasteiger partial charge is 0.352 e. The van der Waals surface area contributed by atoms with Crippen LogP contribution in [-0.4, -0.2) is 73.0 Å². The number of H-pyrrole nitrogens is 1. The van der Waals surface area contributed by atoms with Gasteiger partial charge in [0.05, 0.1) is 23.0 Å². The predicted octanol–water partition coefficient (Wildman–Crippen LogP) is 2.38. The molecule has 0 bridgehead atoms. The zero-order valence-corrected chi connectivity index (χ0v) is 19.9. The van der Waals surface area contributed by atoms with Crippen LogP contribution in [0, 0.1) is 0 Å².